The molecule has 6 nitrogen and oxygen atoms in total. The van der Waals surface area contributed by atoms with Crippen molar-refractivity contribution in [2.45, 2.75) is 51.3 Å². The van der Waals surface area contributed by atoms with Crippen molar-refractivity contribution in [3.63, 3.8) is 0 Å². The highest BCUT2D eigenvalue weighted by Crippen LogP contribution is 2.18. The lowest BCUT2D eigenvalue weighted by Gasteiger charge is -2.20. The Kier molecular flexibility index (Phi) is 5.33. The average Bonchev–Trinajstić information content (AvgIpc) is 3.26. The maximum absolute atomic E-state index is 12.0. The summed E-state index contributed by atoms with van der Waals surface area (Å²) in [5.74, 6) is 1.01. The smallest absolute Gasteiger partial charge is 0.315 e. The summed E-state index contributed by atoms with van der Waals surface area (Å²) >= 11 is 0. The minimum atomic E-state index is -0.146. The van der Waals surface area contributed by atoms with Crippen LogP contribution in [0.25, 0.3) is 0 Å². The molecule has 2 atom stereocenters. The zero-order valence-electron chi connectivity index (χ0n) is 13.8. The second kappa shape index (κ2) is 7.64. The summed E-state index contributed by atoms with van der Waals surface area (Å²) in [6.45, 7) is 5.45. The largest absolute Gasteiger partial charge is 0.376 e. The Labute approximate surface area is 137 Å². The lowest BCUT2D eigenvalue weighted by molar-refractivity contribution is 0.0860. The van der Waals surface area contributed by atoms with Crippen LogP contribution in [-0.4, -0.2) is 42.9 Å². The first-order chi connectivity index (χ1) is 11.2. The van der Waals surface area contributed by atoms with Crippen LogP contribution in [0.4, 0.5) is 10.6 Å². The number of aromatic nitrogens is 1. The fourth-order valence-electron chi connectivity index (χ4n) is 3.22. The molecule has 0 aromatic carbocycles. The molecule has 3 rings (SSSR count). The summed E-state index contributed by atoms with van der Waals surface area (Å²) in [7, 11) is 0. The molecule has 3 heterocycles. The van der Waals surface area contributed by atoms with Crippen molar-refractivity contribution < 1.29 is 9.53 Å². The van der Waals surface area contributed by atoms with Gasteiger partial charge in [0.05, 0.1) is 12.1 Å². The van der Waals surface area contributed by atoms with Crippen LogP contribution >= 0.6 is 0 Å². The predicted octanol–water partition coefficient (Wildman–Crippen LogP) is 2.05. The third kappa shape index (κ3) is 4.34. The van der Waals surface area contributed by atoms with E-state index in [2.05, 4.69) is 26.6 Å². The number of carbonyl (C=O) groups is 1. The maximum atomic E-state index is 12.0. The molecule has 0 radical (unpaired) electrons. The van der Waals surface area contributed by atoms with E-state index >= 15 is 0 Å². The molecular formula is C17H26N4O2. The Morgan fingerprint density at radius 3 is 3.00 bits per heavy atom. The third-order valence-electron chi connectivity index (χ3n) is 4.57. The number of carbonyl (C=O) groups excluding carboxylic acids is 1. The second-order valence-electron chi connectivity index (χ2n) is 6.38. The first-order valence-electron chi connectivity index (χ1n) is 8.58. The third-order valence-corrected chi connectivity index (χ3v) is 4.57. The Balaban J connectivity index is 1.47. The average molecular weight is 318 g/mol. The number of amides is 2. The Morgan fingerprint density at radius 2 is 2.26 bits per heavy atom. The fraction of sp³-hybridized carbons (Fsp3) is 0.647. The van der Waals surface area contributed by atoms with Gasteiger partial charge in [0.15, 0.2) is 0 Å². The fourth-order valence-corrected chi connectivity index (χ4v) is 3.22. The van der Waals surface area contributed by atoms with Gasteiger partial charge in [-0.05, 0) is 50.3 Å². The summed E-state index contributed by atoms with van der Waals surface area (Å²) in [5, 5.41) is 5.88. The van der Waals surface area contributed by atoms with E-state index in [0.29, 0.717) is 6.54 Å². The number of nitrogens with zero attached hydrogens (tertiary/aromatic N) is 2. The lowest BCUT2D eigenvalue weighted by Crippen LogP contribution is -2.45. The number of rotatable bonds is 5. The molecule has 0 spiro atoms. The lowest BCUT2D eigenvalue weighted by atomic mass is 10.1. The summed E-state index contributed by atoms with van der Waals surface area (Å²) in [6.07, 6.45) is 6.52. The van der Waals surface area contributed by atoms with E-state index < -0.39 is 0 Å². The van der Waals surface area contributed by atoms with Gasteiger partial charge >= 0.3 is 6.03 Å². The van der Waals surface area contributed by atoms with Gasteiger partial charge in [-0.2, -0.15) is 0 Å². The Bertz CT molecular complexity index is 525. The number of ether oxygens (including phenoxy) is 1. The summed E-state index contributed by atoms with van der Waals surface area (Å²) in [5.41, 5.74) is 1.07. The minimum absolute atomic E-state index is 0.0371. The van der Waals surface area contributed by atoms with E-state index in [1.165, 1.54) is 12.8 Å². The van der Waals surface area contributed by atoms with Crippen molar-refractivity contribution in [2.75, 3.05) is 24.6 Å². The monoisotopic (exact) mass is 318 g/mol. The number of urea groups is 1. The van der Waals surface area contributed by atoms with Gasteiger partial charge in [-0.3, -0.25) is 0 Å². The van der Waals surface area contributed by atoms with E-state index in [1.807, 2.05) is 19.2 Å². The molecule has 2 N–H and O–H groups in total. The van der Waals surface area contributed by atoms with Crippen LogP contribution in [0.3, 0.4) is 0 Å². The number of hydrogen-bond donors (Lipinski definition) is 2. The highest BCUT2D eigenvalue weighted by atomic mass is 16.5. The van der Waals surface area contributed by atoms with Crippen molar-refractivity contribution in [2.24, 2.45) is 0 Å². The second-order valence-corrected chi connectivity index (χ2v) is 6.38. The van der Waals surface area contributed by atoms with Gasteiger partial charge in [0.25, 0.3) is 0 Å². The van der Waals surface area contributed by atoms with Crippen LogP contribution < -0.4 is 15.5 Å². The molecule has 23 heavy (non-hydrogen) atoms. The van der Waals surface area contributed by atoms with E-state index in [1.54, 1.807) is 0 Å². The van der Waals surface area contributed by atoms with Gasteiger partial charge < -0.3 is 20.3 Å². The van der Waals surface area contributed by atoms with Gasteiger partial charge in [0.1, 0.15) is 5.82 Å². The number of nitrogens with one attached hydrogen (secondary N) is 2. The zero-order valence-corrected chi connectivity index (χ0v) is 13.8. The molecule has 2 amide bonds. The normalized spacial score (nSPS) is 22.1. The van der Waals surface area contributed by atoms with Crippen LogP contribution in [0.15, 0.2) is 18.3 Å². The molecule has 0 bridgehead atoms. The molecule has 0 unspecified atom stereocenters. The molecule has 6 heteroatoms. The molecule has 1 aromatic rings. The van der Waals surface area contributed by atoms with Crippen molar-refractivity contribution in [3.05, 3.63) is 23.9 Å². The molecule has 1 aromatic heterocycles. The quantitative estimate of drug-likeness (QED) is 0.872. The highest BCUT2D eigenvalue weighted by Gasteiger charge is 2.23. The molecule has 126 valence electrons. The van der Waals surface area contributed by atoms with E-state index in [4.69, 9.17) is 4.74 Å². The van der Waals surface area contributed by atoms with E-state index in [-0.39, 0.29) is 18.2 Å². The van der Waals surface area contributed by atoms with Crippen molar-refractivity contribution in [3.8, 4) is 0 Å². The standard InChI is InChI=1S/C17H26N4O2/c1-13(15-5-4-10-23-15)20-17(22)19-12-14-6-7-18-16(11-14)21-8-2-3-9-21/h6-7,11,13,15H,2-5,8-10,12H2,1H3,(H2,19,20,22)/t13-,15-/m0/s1. The molecule has 2 saturated heterocycles. The van der Waals surface area contributed by atoms with Gasteiger partial charge in [0, 0.05) is 32.4 Å². The number of anilines is 1. The zero-order chi connectivity index (χ0) is 16.1. The Morgan fingerprint density at radius 1 is 1.43 bits per heavy atom. The topological polar surface area (TPSA) is 66.5 Å². The van der Waals surface area contributed by atoms with Gasteiger partial charge in [-0.1, -0.05) is 0 Å². The van der Waals surface area contributed by atoms with Crippen LogP contribution in [0.2, 0.25) is 0 Å². The number of hydrogen-bond acceptors (Lipinski definition) is 4. The SMILES string of the molecule is C[C@H](NC(=O)NCc1ccnc(N2CCCC2)c1)[C@@H]1CCCO1. The molecule has 0 saturated carbocycles. The van der Waals surface area contributed by atoms with Crippen molar-refractivity contribution in [1.82, 2.24) is 15.6 Å². The first kappa shape index (κ1) is 16.1. The summed E-state index contributed by atoms with van der Waals surface area (Å²) in [4.78, 5) is 18.7. The number of pyridine rings is 1. The molecule has 2 fully saturated rings. The molecule has 2 aliphatic rings. The molecular weight excluding hydrogens is 292 g/mol. The minimum Gasteiger partial charge on any atom is -0.376 e. The van der Waals surface area contributed by atoms with Gasteiger partial charge in [-0.15, -0.1) is 0 Å². The van der Waals surface area contributed by atoms with Gasteiger partial charge in [-0.25, -0.2) is 9.78 Å². The molecule has 2 aliphatic heterocycles. The van der Waals surface area contributed by atoms with Crippen LogP contribution in [0.1, 0.15) is 38.2 Å². The van der Waals surface area contributed by atoms with Gasteiger partial charge in [0.2, 0.25) is 0 Å². The van der Waals surface area contributed by atoms with Crippen molar-refractivity contribution in [1.29, 1.82) is 0 Å². The van der Waals surface area contributed by atoms with Crippen LogP contribution in [-0.2, 0) is 11.3 Å². The predicted molar refractivity (Wildman–Crippen MR) is 89.5 cm³/mol. The van der Waals surface area contributed by atoms with E-state index in [0.717, 1.165) is 43.9 Å². The van der Waals surface area contributed by atoms with E-state index in [9.17, 15) is 4.79 Å². The Hall–Kier alpha value is -1.82. The highest BCUT2D eigenvalue weighted by molar-refractivity contribution is 5.74. The van der Waals surface area contributed by atoms with Crippen LogP contribution in [0, 0.1) is 0 Å². The maximum Gasteiger partial charge on any atom is 0.315 e. The summed E-state index contributed by atoms with van der Waals surface area (Å²) in [6, 6.07) is 3.90. The molecule has 0 aliphatic carbocycles. The van der Waals surface area contributed by atoms with Crippen molar-refractivity contribution >= 4 is 11.8 Å². The first-order valence-corrected chi connectivity index (χ1v) is 8.58. The van der Waals surface area contributed by atoms with Crippen LogP contribution in [0.5, 0.6) is 0 Å². The summed E-state index contributed by atoms with van der Waals surface area (Å²) < 4.78 is 5.59.